The highest BCUT2D eigenvalue weighted by Gasteiger charge is 1.96. The third kappa shape index (κ3) is 4.35. The zero-order chi connectivity index (χ0) is 10.2. The first-order chi connectivity index (χ1) is 6.83. The van der Waals surface area contributed by atoms with Crippen molar-refractivity contribution in [3.63, 3.8) is 0 Å². The van der Waals surface area contributed by atoms with Crippen LogP contribution in [0.1, 0.15) is 18.9 Å². The summed E-state index contributed by atoms with van der Waals surface area (Å²) in [6.07, 6.45) is 5.93. The summed E-state index contributed by atoms with van der Waals surface area (Å²) in [5.74, 6) is 0. The highest BCUT2D eigenvalue weighted by molar-refractivity contribution is 5.09. The van der Waals surface area contributed by atoms with E-state index in [1.54, 1.807) is 0 Å². The van der Waals surface area contributed by atoms with Crippen LogP contribution < -0.4 is 11.1 Å². The molecule has 0 fully saturated rings. The quantitative estimate of drug-likeness (QED) is 0.661. The normalized spacial score (nSPS) is 12.7. The largest absolute Gasteiger partial charge is 0.329 e. The van der Waals surface area contributed by atoms with E-state index in [2.05, 4.69) is 29.4 Å². The molecule has 14 heavy (non-hydrogen) atoms. The summed E-state index contributed by atoms with van der Waals surface area (Å²) in [5.41, 5.74) is 6.84. The Hall–Kier alpha value is -0.930. The minimum absolute atomic E-state index is 0.424. The van der Waals surface area contributed by atoms with Gasteiger partial charge < -0.3 is 11.1 Å². The van der Waals surface area contributed by atoms with Gasteiger partial charge in [-0.05, 0) is 44.0 Å². The molecule has 0 saturated heterocycles. The average Bonchev–Trinajstić information content (AvgIpc) is 2.25. The van der Waals surface area contributed by atoms with E-state index in [1.807, 2.05) is 12.4 Å². The number of hydrogen-bond donors (Lipinski definition) is 2. The predicted octanol–water partition coefficient (Wildman–Crippen LogP) is 0.951. The summed E-state index contributed by atoms with van der Waals surface area (Å²) in [5, 5.41) is 3.36. The van der Waals surface area contributed by atoms with Gasteiger partial charge in [-0.25, -0.2) is 0 Å². The number of aromatic nitrogens is 1. The lowest BCUT2D eigenvalue weighted by atomic mass is 10.1. The Balaban J connectivity index is 2.10. The van der Waals surface area contributed by atoms with Crippen LogP contribution in [0.2, 0.25) is 0 Å². The number of nitrogens with one attached hydrogen (secondary N) is 1. The van der Waals surface area contributed by atoms with E-state index < -0.39 is 0 Å². The number of hydrogen-bond acceptors (Lipinski definition) is 3. The minimum Gasteiger partial charge on any atom is -0.329 e. The predicted molar refractivity (Wildman–Crippen MR) is 59.1 cm³/mol. The van der Waals surface area contributed by atoms with Crippen molar-refractivity contribution in [3.05, 3.63) is 30.1 Å². The van der Waals surface area contributed by atoms with Crippen molar-refractivity contribution in [2.45, 2.75) is 25.8 Å². The first kappa shape index (κ1) is 11.1. The van der Waals surface area contributed by atoms with Crippen LogP contribution >= 0.6 is 0 Å². The third-order valence-electron chi connectivity index (χ3n) is 2.24. The fourth-order valence-electron chi connectivity index (χ4n) is 1.27. The second-order valence-corrected chi connectivity index (χ2v) is 3.55. The first-order valence-electron chi connectivity index (χ1n) is 5.15. The molecule has 1 aromatic rings. The van der Waals surface area contributed by atoms with Crippen LogP contribution in [0.4, 0.5) is 0 Å². The summed E-state index contributed by atoms with van der Waals surface area (Å²) in [4.78, 5) is 3.98. The zero-order valence-electron chi connectivity index (χ0n) is 8.74. The summed E-state index contributed by atoms with van der Waals surface area (Å²) in [6.45, 7) is 3.84. The molecule has 78 valence electrons. The molecular weight excluding hydrogens is 174 g/mol. The topological polar surface area (TPSA) is 50.9 Å². The molecule has 0 aromatic carbocycles. The molecule has 1 heterocycles. The van der Waals surface area contributed by atoms with E-state index in [9.17, 15) is 0 Å². The van der Waals surface area contributed by atoms with Crippen LogP contribution in [-0.4, -0.2) is 24.1 Å². The van der Waals surface area contributed by atoms with Crippen LogP contribution in [0.15, 0.2) is 24.5 Å². The van der Waals surface area contributed by atoms with E-state index in [4.69, 9.17) is 5.73 Å². The molecule has 0 spiro atoms. The summed E-state index contributed by atoms with van der Waals surface area (Å²) in [6, 6.07) is 4.55. The molecule has 0 amide bonds. The van der Waals surface area contributed by atoms with Crippen LogP contribution in [0.3, 0.4) is 0 Å². The van der Waals surface area contributed by atoms with Crippen LogP contribution in [0.25, 0.3) is 0 Å². The summed E-state index contributed by atoms with van der Waals surface area (Å²) in [7, 11) is 0. The monoisotopic (exact) mass is 193 g/mol. The van der Waals surface area contributed by atoms with Gasteiger partial charge in [-0.1, -0.05) is 0 Å². The molecule has 0 aliphatic rings. The fourth-order valence-corrected chi connectivity index (χ4v) is 1.27. The Labute approximate surface area is 85.7 Å². The van der Waals surface area contributed by atoms with Gasteiger partial charge in [0, 0.05) is 25.0 Å². The van der Waals surface area contributed by atoms with Gasteiger partial charge in [-0.15, -0.1) is 0 Å². The molecule has 0 radical (unpaired) electrons. The molecule has 0 bridgehead atoms. The van der Waals surface area contributed by atoms with Crippen LogP contribution in [0.5, 0.6) is 0 Å². The molecule has 1 aromatic heterocycles. The van der Waals surface area contributed by atoms with Crippen molar-refractivity contribution in [3.8, 4) is 0 Å². The van der Waals surface area contributed by atoms with Gasteiger partial charge in [0.05, 0.1) is 0 Å². The van der Waals surface area contributed by atoms with Gasteiger partial charge in [-0.2, -0.15) is 0 Å². The molecule has 0 aliphatic heterocycles. The molecule has 0 saturated carbocycles. The maximum Gasteiger partial charge on any atom is 0.0270 e. The molecule has 3 nitrogen and oxygen atoms in total. The van der Waals surface area contributed by atoms with Gasteiger partial charge in [-0.3, -0.25) is 4.98 Å². The Morgan fingerprint density at radius 1 is 1.43 bits per heavy atom. The lowest BCUT2D eigenvalue weighted by Gasteiger charge is -2.10. The highest BCUT2D eigenvalue weighted by Crippen LogP contribution is 1.99. The first-order valence-corrected chi connectivity index (χ1v) is 5.15. The standard InChI is InChI=1S/C11H19N3/c1-10(9-12)14-6-2-3-11-4-7-13-8-5-11/h4-5,7-8,10,14H,2-3,6,9,12H2,1H3/t10-/m1/s1. The second-order valence-electron chi connectivity index (χ2n) is 3.55. The summed E-state index contributed by atoms with van der Waals surface area (Å²) >= 11 is 0. The SMILES string of the molecule is C[C@H](CN)NCCCc1ccncc1. The molecule has 3 heteroatoms. The van der Waals surface area contributed by atoms with Gasteiger partial charge in [0.1, 0.15) is 0 Å². The van der Waals surface area contributed by atoms with Gasteiger partial charge in [0.25, 0.3) is 0 Å². The number of nitrogens with zero attached hydrogens (tertiary/aromatic N) is 1. The van der Waals surface area contributed by atoms with Crippen molar-refractivity contribution in [2.24, 2.45) is 5.73 Å². The molecule has 1 rings (SSSR count). The molecule has 0 aliphatic carbocycles. The minimum atomic E-state index is 0.424. The van der Waals surface area contributed by atoms with Crippen molar-refractivity contribution in [2.75, 3.05) is 13.1 Å². The Morgan fingerprint density at radius 3 is 2.79 bits per heavy atom. The maximum absolute atomic E-state index is 5.49. The number of rotatable bonds is 6. The molecule has 1 atom stereocenters. The van der Waals surface area contributed by atoms with Gasteiger partial charge in [0.2, 0.25) is 0 Å². The molecule has 3 N–H and O–H groups in total. The average molecular weight is 193 g/mol. The van der Waals surface area contributed by atoms with Crippen molar-refractivity contribution in [1.29, 1.82) is 0 Å². The maximum atomic E-state index is 5.49. The second kappa shape index (κ2) is 6.51. The Kier molecular flexibility index (Phi) is 5.19. The number of nitrogens with two attached hydrogens (primary N) is 1. The van der Waals surface area contributed by atoms with Crippen molar-refractivity contribution in [1.82, 2.24) is 10.3 Å². The Morgan fingerprint density at radius 2 is 2.14 bits per heavy atom. The van der Waals surface area contributed by atoms with Gasteiger partial charge >= 0.3 is 0 Å². The third-order valence-corrected chi connectivity index (χ3v) is 2.24. The Bertz CT molecular complexity index is 236. The zero-order valence-corrected chi connectivity index (χ0v) is 8.74. The fraction of sp³-hybridized carbons (Fsp3) is 0.545. The van der Waals surface area contributed by atoms with Crippen LogP contribution in [0, 0.1) is 0 Å². The number of aryl methyl sites for hydroxylation is 1. The van der Waals surface area contributed by atoms with E-state index in [0.717, 1.165) is 19.4 Å². The van der Waals surface area contributed by atoms with E-state index in [0.29, 0.717) is 12.6 Å². The van der Waals surface area contributed by atoms with Crippen LogP contribution in [-0.2, 0) is 6.42 Å². The highest BCUT2D eigenvalue weighted by atomic mass is 14.9. The van der Waals surface area contributed by atoms with E-state index >= 15 is 0 Å². The smallest absolute Gasteiger partial charge is 0.0270 e. The summed E-state index contributed by atoms with van der Waals surface area (Å²) < 4.78 is 0. The van der Waals surface area contributed by atoms with E-state index in [1.165, 1.54) is 5.56 Å². The van der Waals surface area contributed by atoms with E-state index in [-0.39, 0.29) is 0 Å². The van der Waals surface area contributed by atoms with Gasteiger partial charge in [0.15, 0.2) is 0 Å². The lowest BCUT2D eigenvalue weighted by molar-refractivity contribution is 0.543. The van der Waals surface area contributed by atoms with Crippen molar-refractivity contribution < 1.29 is 0 Å². The number of pyridine rings is 1. The molecule has 0 unspecified atom stereocenters. The lowest BCUT2D eigenvalue weighted by Crippen LogP contribution is -2.33. The molecular formula is C11H19N3. The van der Waals surface area contributed by atoms with Crippen molar-refractivity contribution >= 4 is 0 Å².